The summed E-state index contributed by atoms with van der Waals surface area (Å²) in [6.07, 6.45) is 4.38. The number of carbonyl (C=O) groups excluding carboxylic acids is 1. The van der Waals surface area contributed by atoms with Gasteiger partial charge in [0.05, 0.1) is 22.7 Å². The number of amides is 1. The molecule has 0 saturated carbocycles. The summed E-state index contributed by atoms with van der Waals surface area (Å²) in [4.78, 5) is 22.1. The second-order valence-corrected chi connectivity index (χ2v) is 9.73. The summed E-state index contributed by atoms with van der Waals surface area (Å²) in [7, 11) is 3.91. The number of aliphatic imine (C=N–C) groups is 1. The summed E-state index contributed by atoms with van der Waals surface area (Å²) in [5.41, 5.74) is 4.71. The van der Waals surface area contributed by atoms with E-state index in [4.69, 9.17) is 16.7 Å². The lowest BCUT2D eigenvalue weighted by Gasteiger charge is -2.20. The smallest absolute Gasteiger partial charge is 0.219 e. The van der Waals surface area contributed by atoms with Crippen molar-refractivity contribution in [2.24, 2.45) is 4.99 Å². The Labute approximate surface area is 216 Å². The summed E-state index contributed by atoms with van der Waals surface area (Å²) >= 11 is 7.65. The maximum absolute atomic E-state index is 11.7. The van der Waals surface area contributed by atoms with Gasteiger partial charge in [0.1, 0.15) is 6.34 Å². The third-order valence-electron chi connectivity index (χ3n) is 5.58. The number of aryl methyl sites for hydroxylation is 1. The van der Waals surface area contributed by atoms with E-state index in [1.54, 1.807) is 17.7 Å². The zero-order valence-corrected chi connectivity index (χ0v) is 22.0. The summed E-state index contributed by atoms with van der Waals surface area (Å²) < 4.78 is 0. The lowest BCUT2D eigenvalue weighted by Crippen LogP contribution is -2.43. The van der Waals surface area contributed by atoms with E-state index in [1.807, 2.05) is 69.6 Å². The van der Waals surface area contributed by atoms with Crippen LogP contribution in [0.3, 0.4) is 0 Å². The summed E-state index contributed by atoms with van der Waals surface area (Å²) in [6.45, 7) is 4.42. The number of anilines is 3. The van der Waals surface area contributed by atoms with Gasteiger partial charge in [0.25, 0.3) is 0 Å². The molecule has 186 valence electrons. The number of aliphatic hydroxyl groups is 1. The number of hydrogen-bond donors (Lipinski definition) is 3. The van der Waals surface area contributed by atoms with E-state index in [0.29, 0.717) is 11.6 Å². The van der Waals surface area contributed by atoms with E-state index in [1.165, 1.54) is 4.90 Å². The predicted molar refractivity (Wildman–Crippen MR) is 150 cm³/mol. The number of benzene rings is 2. The van der Waals surface area contributed by atoms with Crippen LogP contribution in [0.5, 0.6) is 0 Å². The fraction of sp³-hybridized carbons (Fsp3) is 0.308. The molecule has 4 rings (SSSR count). The molecule has 35 heavy (non-hydrogen) atoms. The van der Waals surface area contributed by atoms with E-state index in [-0.39, 0.29) is 6.29 Å². The quantitative estimate of drug-likeness (QED) is 0.200. The highest BCUT2D eigenvalue weighted by Gasteiger charge is 2.24. The maximum atomic E-state index is 11.7. The Morgan fingerprint density at radius 1 is 1.26 bits per heavy atom. The number of halogens is 1. The molecule has 0 saturated heterocycles. The van der Waals surface area contributed by atoms with Gasteiger partial charge in [-0.15, -0.1) is 11.3 Å². The monoisotopic (exact) mass is 513 g/mol. The fourth-order valence-electron chi connectivity index (χ4n) is 3.55. The number of hydrogen-bond acceptors (Lipinski definition) is 7. The normalized spacial score (nSPS) is 14.3. The van der Waals surface area contributed by atoms with Crippen molar-refractivity contribution in [3.05, 3.63) is 58.4 Å². The highest BCUT2D eigenvalue weighted by atomic mass is 35.5. The number of rotatable bonds is 8. The van der Waals surface area contributed by atoms with Crippen LogP contribution in [0.15, 0.2) is 53.5 Å². The standard InChI is InChI=1S/C22H22ClN5OS.C4H10O/c1-14-18(11-21(30-14)15-4-6-16(23)7-5-15)25-12-28(13-29)17-8-9-20-19(10-17)26-22(24-2)27(20)3;1-2-3-4-5/h4-13,22,24,26H,1-3H3;5H,2-4H2,1H3. The number of unbranched alkanes of at least 4 members (excludes halogenated alkanes) is 1. The molecular formula is C26H32ClN5O2S. The Bertz CT molecular complexity index is 1150. The third-order valence-corrected chi connectivity index (χ3v) is 6.92. The minimum Gasteiger partial charge on any atom is -0.396 e. The van der Waals surface area contributed by atoms with Crippen LogP contribution >= 0.6 is 22.9 Å². The number of thiophene rings is 1. The molecular weight excluding hydrogens is 482 g/mol. The van der Waals surface area contributed by atoms with E-state index >= 15 is 0 Å². The van der Waals surface area contributed by atoms with Crippen molar-refractivity contribution in [3.63, 3.8) is 0 Å². The number of fused-ring (bicyclic) bond motifs is 1. The van der Waals surface area contributed by atoms with Crippen LogP contribution in [-0.4, -0.2) is 44.8 Å². The van der Waals surface area contributed by atoms with Crippen molar-refractivity contribution >= 4 is 58.4 Å². The van der Waals surface area contributed by atoms with Crippen LogP contribution in [0.4, 0.5) is 22.7 Å². The van der Waals surface area contributed by atoms with E-state index in [0.717, 1.165) is 57.3 Å². The summed E-state index contributed by atoms with van der Waals surface area (Å²) in [5, 5.41) is 15.4. The van der Waals surface area contributed by atoms with Crippen LogP contribution in [0, 0.1) is 6.92 Å². The van der Waals surface area contributed by atoms with Crippen molar-refractivity contribution < 1.29 is 9.90 Å². The van der Waals surface area contributed by atoms with Crippen molar-refractivity contribution in [2.75, 3.05) is 35.8 Å². The molecule has 1 atom stereocenters. The number of nitrogens with zero attached hydrogens (tertiary/aromatic N) is 3. The number of carbonyl (C=O) groups is 1. The molecule has 3 aromatic rings. The average molecular weight is 514 g/mol. The van der Waals surface area contributed by atoms with E-state index in [9.17, 15) is 4.79 Å². The van der Waals surface area contributed by atoms with Gasteiger partial charge in [-0.2, -0.15) is 0 Å². The lowest BCUT2D eigenvalue weighted by atomic mass is 10.2. The first kappa shape index (κ1) is 26.7. The zero-order valence-electron chi connectivity index (χ0n) is 20.5. The van der Waals surface area contributed by atoms with Crippen LogP contribution in [0.1, 0.15) is 24.6 Å². The van der Waals surface area contributed by atoms with Gasteiger partial charge in [0.15, 0.2) is 6.29 Å². The van der Waals surface area contributed by atoms with Gasteiger partial charge in [0.2, 0.25) is 6.41 Å². The molecule has 0 radical (unpaired) electrons. The highest BCUT2D eigenvalue weighted by molar-refractivity contribution is 7.16. The molecule has 9 heteroatoms. The van der Waals surface area contributed by atoms with Crippen molar-refractivity contribution in [2.45, 2.75) is 33.0 Å². The Kier molecular flexibility index (Phi) is 9.68. The number of aliphatic hydroxyl groups excluding tert-OH is 1. The van der Waals surface area contributed by atoms with Gasteiger partial charge in [-0.25, -0.2) is 4.99 Å². The van der Waals surface area contributed by atoms with Gasteiger partial charge < -0.3 is 15.3 Å². The maximum Gasteiger partial charge on any atom is 0.219 e. The molecule has 2 heterocycles. The third kappa shape index (κ3) is 6.61. The molecule has 0 fully saturated rings. The molecule has 1 aliphatic rings. The first-order valence-electron chi connectivity index (χ1n) is 11.5. The summed E-state index contributed by atoms with van der Waals surface area (Å²) in [5.74, 6) is 0. The Morgan fingerprint density at radius 2 is 2.00 bits per heavy atom. The van der Waals surface area contributed by atoms with Gasteiger partial charge >= 0.3 is 0 Å². The van der Waals surface area contributed by atoms with Crippen molar-refractivity contribution in [1.82, 2.24) is 5.32 Å². The van der Waals surface area contributed by atoms with Crippen molar-refractivity contribution in [1.29, 1.82) is 0 Å². The summed E-state index contributed by atoms with van der Waals surface area (Å²) in [6, 6.07) is 15.6. The minimum atomic E-state index is 0.0216. The van der Waals surface area contributed by atoms with Gasteiger partial charge in [-0.1, -0.05) is 37.1 Å². The molecule has 0 aliphatic carbocycles. The van der Waals surface area contributed by atoms with E-state index in [2.05, 4.69) is 27.4 Å². The molecule has 3 N–H and O–H groups in total. The van der Waals surface area contributed by atoms with Crippen LogP contribution in [-0.2, 0) is 4.79 Å². The molecule has 7 nitrogen and oxygen atoms in total. The Balaban J connectivity index is 0.000000623. The average Bonchev–Trinajstić information content (AvgIpc) is 3.39. The molecule has 1 aromatic heterocycles. The fourth-order valence-corrected chi connectivity index (χ4v) is 4.65. The zero-order chi connectivity index (χ0) is 25.4. The SMILES string of the molecule is CCCCO.CNC1Nc2cc(N(C=O)C=Nc3cc(-c4ccc(Cl)cc4)sc3C)ccc2N1C. The largest absolute Gasteiger partial charge is 0.396 e. The molecule has 0 spiro atoms. The minimum absolute atomic E-state index is 0.0216. The lowest BCUT2D eigenvalue weighted by molar-refractivity contribution is -0.106. The molecule has 1 aliphatic heterocycles. The van der Waals surface area contributed by atoms with Gasteiger partial charge in [0, 0.05) is 28.4 Å². The molecule has 2 aromatic carbocycles. The van der Waals surface area contributed by atoms with Crippen molar-refractivity contribution in [3.8, 4) is 10.4 Å². The van der Waals surface area contributed by atoms with Crippen LogP contribution in [0.2, 0.25) is 5.02 Å². The first-order chi connectivity index (χ1) is 16.9. The molecule has 1 unspecified atom stereocenters. The van der Waals surface area contributed by atoms with Gasteiger partial charge in [-0.05, 0) is 62.4 Å². The highest BCUT2D eigenvalue weighted by Crippen LogP contribution is 2.37. The van der Waals surface area contributed by atoms with Crippen LogP contribution in [0.25, 0.3) is 10.4 Å². The Morgan fingerprint density at radius 3 is 2.60 bits per heavy atom. The second kappa shape index (κ2) is 12.7. The van der Waals surface area contributed by atoms with Crippen LogP contribution < -0.4 is 20.4 Å². The van der Waals surface area contributed by atoms with Gasteiger partial charge in [-0.3, -0.25) is 15.0 Å². The predicted octanol–water partition coefficient (Wildman–Crippen LogP) is 5.84. The van der Waals surface area contributed by atoms with E-state index < -0.39 is 0 Å². The Hall–Kier alpha value is -2.91. The number of nitrogens with one attached hydrogen (secondary N) is 2. The molecule has 1 amide bonds. The first-order valence-corrected chi connectivity index (χ1v) is 12.7. The second-order valence-electron chi connectivity index (χ2n) is 8.04. The molecule has 0 bridgehead atoms. The topological polar surface area (TPSA) is 80.2 Å².